The molecule has 1 unspecified atom stereocenters. The first-order valence-electron chi connectivity index (χ1n) is 7.09. The van der Waals surface area contributed by atoms with Gasteiger partial charge in [0.1, 0.15) is 5.41 Å². The lowest BCUT2D eigenvalue weighted by Crippen LogP contribution is -2.45. The minimum Gasteiger partial charge on any atom is -0.355 e. The van der Waals surface area contributed by atoms with Gasteiger partial charge in [0.25, 0.3) is 0 Å². The fraction of sp³-hybridized carbons (Fsp3) is 0.500. The van der Waals surface area contributed by atoms with Gasteiger partial charge in [-0.3, -0.25) is 9.59 Å². The number of ketones is 1. The van der Waals surface area contributed by atoms with Crippen LogP contribution in [0.1, 0.15) is 49.4 Å². The maximum absolute atomic E-state index is 12.8. The Hall–Kier alpha value is -1.64. The minimum absolute atomic E-state index is 0.0191. The first-order chi connectivity index (χ1) is 9.20. The van der Waals surface area contributed by atoms with E-state index in [1.54, 1.807) is 12.1 Å². The highest BCUT2D eigenvalue weighted by Crippen LogP contribution is 2.36. The van der Waals surface area contributed by atoms with Gasteiger partial charge >= 0.3 is 0 Å². The van der Waals surface area contributed by atoms with Crippen LogP contribution in [-0.4, -0.2) is 18.2 Å². The molecule has 1 amide bonds. The predicted molar refractivity (Wildman–Crippen MR) is 75.0 cm³/mol. The zero-order valence-electron chi connectivity index (χ0n) is 11.4. The van der Waals surface area contributed by atoms with Crippen LogP contribution in [0.25, 0.3) is 0 Å². The first kappa shape index (κ1) is 13.8. The Labute approximate surface area is 114 Å². The monoisotopic (exact) mass is 259 g/mol. The molecule has 1 N–H and O–H groups in total. The van der Waals surface area contributed by atoms with Crippen LogP contribution in [0.3, 0.4) is 0 Å². The maximum atomic E-state index is 12.8. The molecule has 1 aliphatic rings. The summed E-state index contributed by atoms with van der Waals surface area (Å²) in [7, 11) is 0. The molecule has 3 nitrogen and oxygen atoms in total. The molecule has 19 heavy (non-hydrogen) atoms. The van der Waals surface area contributed by atoms with Crippen LogP contribution in [0.4, 0.5) is 0 Å². The standard InChI is InChI=1S/C16H21NO2/c1-2-10-16(11-6-7-12-17-15(16)19)14(18)13-8-4-3-5-9-13/h3-5,8-9H,2,6-7,10-12H2,1H3,(H,17,19). The molecule has 0 radical (unpaired) electrons. The van der Waals surface area contributed by atoms with Gasteiger partial charge in [0.05, 0.1) is 0 Å². The van der Waals surface area contributed by atoms with Crippen molar-refractivity contribution in [2.24, 2.45) is 5.41 Å². The molecule has 1 aliphatic heterocycles. The van der Waals surface area contributed by atoms with Crippen molar-refractivity contribution in [3.63, 3.8) is 0 Å². The molecule has 0 aliphatic carbocycles. The zero-order chi connectivity index (χ0) is 13.7. The van der Waals surface area contributed by atoms with Crippen LogP contribution in [0.5, 0.6) is 0 Å². The molecule has 0 aromatic heterocycles. The van der Waals surface area contributed by atoms with Gasteiger partial charge in [-0.05, 0) is 19.3 Å². The third kappa shape index (κ3) is 2.70. The zero-order valence-corrected chi connectivity index (χ0v) is 11.4. The van der Waals surface area contributed by atoms with Gasteiger partial charge in [0, 0.05) is 12.1 Å². The lowest BCUT2D eigenvalue weighted by atomic mass is 9.73. The van der Waals surface area contributed by atoms with Crippen LogP contribution in [-0.2, 0) is 4.79 Å². The number of hydrogen-bond donors (Lipinski definition) is 1. The van der Waals surface area contributed by atoms with Crippen molar-refractivity contribution < 1.29 is 9.59 Å². The van der Waals surface area contributed by atoms with Gasteiger partial charge < -0.3 is 5.32 Å². The molecule has 102 valence electrons. The summed E-state index contributed by atoms with van der Waals surface area (Å²) in [5, 5.41) is 2.91. The first-order valence-corrected chi connectivity index (χ1v) is 7.09. The molecule has 0 spiro atoms. The fourth-order valence-electron chi connectivity index (χ4n) is 2.90. The summed E-state index contributed by atoms with van der Waals surface area (Å²) in [4.78, 5) is 25.2. The quantitative estimate of drug-likeness (QED) is 0.667. The summed E-state index contributed by atoms with van der Waals surface area (Å²) < 4.78 is 0. The van der Waals surface area contributed by atoms with Crippen LogP contribution in [0.2, 0.25) is 0 Å². The van der Waals surface area contributed by atoms with E-state index in [2.05, 4.69) is 5.32 Å². The molecule has 0 bridgehead atoms. The van der Waals surface area contributed by atoms with Gasteiger partial charge in [-0.2, -0.15) is 0 Å². The molecule has 3 heteroatoms. The number of benzene rings is 1. The van der Waals surface area contributed by atoms with Crippen LogP contribution in [0, 0.1) is 5.41 Å². The smallest absolute Gasteiger partial charge is 0.234 e. The average molecular weight is 259 g/mol. The Morgan fingerprint density at radius 2 is 2.00 bits per heavy atom. The Morgan fingerprint density at radius 3 is 2.68 bits per heavy atom. The van der Waals surface area contributed by atoms with E-state index in [1.165, 1.54) is 0 Å². The van der Waals surface area contributed by atoms with E-state index >= 15 is 0 Å². The second-order valence-electron chi connectivity index (χ2n) is 5.24. The van der Waals surface area contributed by atoms with E-state index < -0.39 is 5.41 Å². The largest absolute Gasteiger partial charge is 0.355 e. The number of Topliss-reactive ketones (excluding diaryl/α,β-unsaturated/α-hetero) is 1. The Bertz CT molecular complexity index is 455. The molecule has 1 aromatic rings. The summed E-state index contributed by atoms with van der Waals surface area (Å²) in [6, 6.07) is 9.19. The molecule has 1 aromatic carbocycles. The second kappa shape index (κ2) is 6.00. The third-order valence-electron chi connectivity index (χ3n) is 3.90. The van der Waals surface area contributed by atoms with Crippen molar-refractivity contribution >= 4 is 11.7 Å². The van der Waals surface area contributed by atoms with E-state index in [-0.39, 0.29) is 11.7 Å². The lowest BCUT2D eigenvalue weighted by molar-refractivity contribution is -0.128. The van der Waals surface area contributed by atoms with Crippen molar-refractivity contribution in [1.29, 1.82) is 0 Å². The Morgan fingerprint density at radius 1 is 1.26 bits per heavy atom. The maximum Gasteiger partial charge on any atom is 0.234 e. The van der Waals surface area contributed by atoms with E-state index in [9.17, 15) is 9.59 Å². The summed E-state index contributed by atoms with van der Waals surface area (Å²) in [5.74, 6) is -0.102. The van der Waals surface area contributed by atoms with Gasteiger partial charge in [0.15, 0.2) is 5.78 Å². The molecule has 1 heterocycles. The predicted octanol–water partition coefficient (Wildman–Crippen LogP) is 2.96. The topological polar surface area (TPSA) is 46.2 Å². The van der Waals surface area contributed by atoms with Crippen molar-refractivity contribution in [2.45, 2.75) is 39.0 Å². The van der Waals surface area contributed by atoms with E-state index in [1.807, 2.05) is 25.1 Å². The number of hydrogen-bond acceptors (Lipinski definition) is 2. The highest BCUT2D eigenvalue weighted by molar-refractivity contribution is 6.14. The van der Waals surface area contributed by atoms with Crippen molar-refractivity contribution in [3.05, 3.63) is 35.9 Å². The van der Waals surface area contributed by atoms with Gasteiger partial charge in [0.2, 0.25) is 5.91 Å². The molecular formula is C16H21NO2. The second-order valence-corrected chi connectivity index (χ2v) is 5.24. The number of carbonyl (C=O) groups excluding carboxylic acids is 2. The molecule has 1 saturated heterocycles. The molecular weight excluding hydrogens is 238 g/mol. The highest BCUT2D eigenvalue weighted by atomic mass is 16.2. The highest BCUT2D eigenvalue weighted by Gasteiger charge is 2.45. The number of rotatable bonds is 4. The lowest BCUT2D eigenvalue weighted by Gasteiger charge is -2.29. The number of amides is 1. The van der Waals surface area contributed by atoms with Crippen molar-refractivity contribution in [3.8, 4) is 0 Å². The summed E-state index contributed by atoms with van der Waals surface area (Å²) in [5.41, 5.74) is -0.208. The summed E-state index contributed by atoms with van der Waals surface area (Å²) >= 11 is 0. The fourth-order valence-corrected chi connectivity index (χ4v) is 2.90. The average Bonchev–Trinajstić information content (AvgIpc) is 2.63. The summed E-state index contributed by atoms with van der Waals surface area (Å²) in [6.45, 7) is 2.71. The SMILES string of the molecule is CCCC1(C(=O)c2ccccc2)CCCCNC1=O. The summed E-state index contributed by atoms with van der Waals surface area (Å²) in [6.07, 6.45) is 4.02. The number of nitrogens with one attached hydrogen (secondary N) is 1. The van der Waals surface area contributed by atoms with Gasteiger partial charge in [-0.1, -0.05) is 50.1 Å². The van der Waals surface area contributed by atoms with Crippen LogP contribution < -0.4 is 5.32 Å². The Balaban J connectivity index is 2.37. The van der Waals surface area contributed by atoms with Crippen molar-refractivity contribution in [1.82, 2.24) is 5.32 Å². The molecule has 2 rings (SSSR count). The minimum atomic E-state index is -0.855. The van der Waals surface area contributed by atoms with Crippen molar-refractivity contribution in [2.75, 3.05) is 6.54 Å². The van der Waals surface area contributed by atoms with E-state index in [0.717, 1.165) is 19.3 Å². The van der Waals surface area contributed by atoms with Gasteiger partial charge in [-0.15, -0.1) is 0 Å². The Kier molecular flexibility index (Phi) is 4.35. The van der Waals surface area contributed by atoms with Crippen LogP contribution in [0.15, 0.2) is 30.3 Å². The normalized spacial score (nSPS) is 23.5. The van der Waals surface area contributed by atoms with Gasteiger partial charge in [-0.25, -0.2) is 0 Å². The molecule has 1 atom stereocenters. The molecule has 0 saturated carbocycles. The van der Waals surface area contributed by atoms with E-state index in [0.29, 0.717) is 24.9 Å². The number of carbonyl (C=O) groups is 2. The third-order valence-corrected chi connectivity index (χ3v) is 3.90. The van der Waals surface area contributed by atoms with E-state index in [4.69, 9.17) is 0 Å². The molecule has 1 fully saturated rings. The van der Waals surface area contributed by atoms with Crippen LogP contribution >= 0.6 is 0 Å².